The van der Waals surface area contributed by atoms with Crippen LogP contribution < -0.4 is 5.32 Å². The van der Waals surface area contributed by atoms with Crippen molar-refractivity contribution < 1.29 is 9.32 Å². The number of amides is 1. The van der Waals surface area contributed by atoms with Crippen molar-refractivity contribution in [3.63, 3.8) is 0 Å². The Kier molecular flexibility index (Phi) is 3.38. The summed E-state index contributed by atoms with van der Waals surface area (Å²) in [6.07, 6.45) is 0.123. The minimum absolute atomic E-state index is 0.123. The third-order valence-electron chi connectivity index (χ3n) is 2.54. The van der Waals surface area contributed by atoms with E-state index in [0.717, 1.165) is 5.69 Å². The first-order chi connectivity index (χ1) is 8.47. The van der Waals surface area contributed by atoms with Crippen molar-refractivity contribution in [2.45, 2.75) is 20.3 Å². The zero-order valence-electron chi connectivity index (χ0n) is 10.3. The molecule has 2 aromatic rings. The fourth-order valence-electron chi connectivity index (χ4n) is 1.63. The van der Waals surface area contributed by atoms with Gasteiger partial charge in [-0.15, -0.1) is 0 Å². The first kappa shape index (κ1) is 12.6. The van der Waals surface area contributed by atoms with E-state index in [2.05, 4.69) is 15.6 Å². The number of hydrogen-bond donors (Lipinski definition) is 1. The summed E-state index contributed by atoms with van der Waals surface area (Å²) < 4.78 is 6.40. The summed E-state index contributed by atoms with van der Waals surface area (Å²) in [5.41, 5.74) is 2.07. The molecule has 0 spiro atoms. The predicted molar refractivity (Wildman–Crippen MR) is 66.5 cm³/mol. The molecule has 0 aliphatic rings. The Morgan fingerprint density at radius 1 is 1.56 bits per heavy atom. The lowest BCUT2D eigenvalue weighted by Crippen LogP contribution is -2.17. The summed E-state index contributed by atoms with van der Waals surface area (Å²) in [6.45, 7) is 3.60. The van der Waals surface area contributed by atoms with Crippen LogP contribution in [0.4, 0.5) is 5.82 Å². The van der Waals surface area contributed by atoms with Gasteiger partial charge in [0, 0.05) is 18.7 Å². The summed E-state index contributed by atoms with van der Waals surface area (Å²) >= 11 is 5.80. The van der Waals surface area contributed by atoms with Gasteiger partial charge in [0.05, 0.1) is 17.8 Å². The summed E-state index contributed by atoms with van der Waals surface area (Å²) in [6, 6.07) is 1.79. The first-order valence-corrected chi connectivity index (χ1v) is 5.76. The number of aryl methyl sites for hydroxylation is 3. The highest BCUT2D eigenvalue weighted by molar-refractivity contribution is 6.29. The van der Waals surface area contributed by atoms with Crippen molar-refractivity contribution in [2.24, 2.45) is 7.05 Å². The van der Waals surface area contributed by atoms with Crippen molar-refractivity contribution in [3.8, 4) is 0 Å². The van der Waals surface area contributed by atoms with Crippen molar-refractivity contribution in [1.29, 1.82) is 0 Å². The fraction of sp³-hybridized carbons (Fsp3) is 0.364. The standard InChI is InChI=1S/C11H13ClN4O2/c1-6-4-9(16(3)14-6)13-10(17)5-8-7(2)15-18-11(8)12/h4H,5H2,1-3H3,(H,13,17). The van der Waals surface area contributed by atoms with Crippen LogP contribution in [-0.2, 0) is 18.3 Å². The molecule has 0 saturated carbocycles. The molecule has 2 heterocycles. The van der Waals surface area contributed by atoms with E-state index < -0.39 is 0 Å². The van der Waals surface area contributed by atoms with Gasteiger partial charge >= 0.3 is 0 Å². The van der Waals surface area contributed by atoms with Crippen LogP contribution in [0.15, 0.2) is 10.6 Å². The maximum absolute atomic E-state index is 11.9. The summed E-state index contributed by atoms with van der Waals surface area (Å²) in [5.74, 6) is 0.453. The van der Waals surface area contributed by atoms with E-state index in [4.69, 9.17) is 16.1 Å². The van der Waals surface area contributed by atoms with Gasteiger partial charge in [-0.1, -0.05) is 5.16 Å². The quantitative estimate of drug-likeness (QED) is 0.922. The number of nitrogens with one attached hydrogen (secondary N) is 1. The van der Waals surface area contributed by atoms with E-state index in [1.165, 1.54) is 0 Å². The predicted octanol–water partition coefficient (Wildman–Crippen LogP) is 1.86. The maximum Gasteiger partial charge on any atom is 0.230 e. The van der Waals surface area contributed by atoms with E-state index in [1.807, 2.05) is 6.92 Å². The second kappa shape index (κ2) is 4.81. The highest BCUT2D eigenvalue weighted by Gasteiger charge is 2.15. The molecule has 0 aromatic carbocycles. The molecule has 0 bridgehead atoms. The first-order valence-electron chi connectivity index (χ1n) is 5.38. The third-order valence-corrected chi connectivity index (χ3v) is 2.84. The zero-order valence-corrected chi connectivity index (χ0v) is 11.1. The molecule has 0 aliphatic heterocycles. The van der Waals surface area contributed by atoms with Crippen LogP contribution in [0, 0.1) is 13.8 Å². The second-order valence-corrected chi connectivity index (χ2v) is 4.38. The molecular formula is C11H13ClN4O2. The lowest BCUT2D eigenvalue weighted by Gasteiger charge is -2.04. The Hall–Kier alpha value is -1.82. The van der Waals surface area contributed by atoms with Gasteiger partial charge in [-0.05, 0) is 25.4 Å². The Labute approximate surface area is 109 Å². The molecule has 7 heteroatoms. The largest absolute Gasteiger partial charge is 0.344 e. The minimum atomic E-state index is -0.189. The highest BCUT2D eigenvalue weighted by Crippen LogP contribution is 2.20. The van der Waals surface area contributed by atoms with E-state index >= 15 is 0 Å². The van der Waals surface area contributed by atoms with Gasteiger partial charge in [0.2, 0.25) is 11.1 Å². The summed E-state index contributed by atoms with van der Waals surface area (Å²) in [5, 5.41) is 10.7. The average molecular weight is 269 g/mol. The van der Waals surface area contributed by atoms with Crippen LogP contribution in [0.25, 0.3) is 0 Å². The molecule has 2 aromatic heterocycles. The van der Waals surface area contributed by atoms with Crippen molar-refractivity contribution in [3.05, 3.63) is 28.2 Å². The molecule has 1 N–H and O–H groups in total. The van der Waals surface area contributed by atoms with Crippen LogP contribution in [0.3, 0.4) is 0 Å². The lowest BCUT2D eigenvalue weighted by atomic mass is 10.2. The molecule has 0 aliphatic carbocycles. The molecule has 0 saturated heterocycles. The number of rotatable bonds is 3. The van der Waals surface area contributed by atoms with Crippen LogP contribution in [0.1, 0.15) is 17.0 Å². The smallest absolute Gasteiger partial charge is 0.230 e. The van der Waals surface area contributed by atoms with E-state index in [-0.39, 0.29) is 17.5 Å². The molecule has 0 radical (unpaired) electrons. The zero-order chi connectivity index (χ0) is 13.3. The summed E-state index contributed by atoms with van der Waals surface area (Å²) in [4.78, 5) is 11.9. The van der Waals surface area contributed by atoms with Crippen molar-refractivity contribution >= 4 is 23.3 Å². The van der Waals surface area contributed by atoms with Crippen LogP contribution >= 0.6 is 11.6 Å². The van der Waals surface area contributed by atoms with Crippen molar-refractivity contribution in [1.82, 2.24) is 14.9 Å². The minimum Gasteiger partial charge on any atom is -0.344 e. The molecule has 18 heavy (non-hydrogen) atoms. The number of carbonyl (C=O) groups is 1. The third kappa shape index (κ3) is 2.53. The van der Waals surface area contributed by atoms with E-state index in [0.29, 0.717) is 17.1 Å². The Bertz CT molecular complexity index is 568. The SMILES string of the molecule is Cc1cc(NC(=O)Cc2c(C)noc2Cl)n(C)n1. The van der Waals surface area contributed by atoms with Gasteiger partial charge in [0.1, 0.15) is 5.82 Å². The van der Waals surface area contributed by atoms with Gasteiger partial charge in [0.25, 0.3) is 0 Å². The lowest BCUT2D eigenvalue weighted by molar-refractivity contribution is -0.115. The van der Waals surface area contributed by atoms with E-state index in [9.17, 15) is 4.79 Å². The Balaban J connectivity index is 2.08. The molecule has 0 atom stereocenters. The van der Waals surface area contributed by atoms with Gasteiger partial charge < -0.3 is 9.84 Å². The van der Waals surface area contributed by atoms with Crippen LogP contribution in [0.5, 0.6) is 0 Å². The molecule has 0 fully saturated rings. The number of hydrogen-bond acceptors (Lipinski definition) is 4. The van der Waals surface area contributed by atoms with Gasteiger partial charge in [-0.3, -0.25) is 9.48 Å². The highest BCUT2D eigenvalue weighted by atomic mass is 35.5. The number of anilines is 1. The van der Waals surface area contributed by atoms with Crippen LogP contribution in [0.2, 0.25) is 5.22 Å². The van der Waals surface area contributed by atoms with Crippen LogP contribution in [-0.4, -0.2) is 20.8 Å². The monoisotopic (exact) mass is 268 g/mol. The molecular weight excluding hydrogens is 256 g/mol. The normalized spacial score (nSPS) is 10.7. The number of carbonyl (C=O) groups excluding carboxylic acids is 1. The number of halogens is 1. The average Bonchev–Trinajstić information content (AvgIpc) is 2.75. The van der Waals surface area contributed by atoms with Crippen molar-refractivity contribution in [2.75, 3.05) is 5.32 Å². The van der Waals surface area contributed by atoms with Gasteiger partial charge in [0.15, 0.2) is 0 Å². The van der Waals surface area contributed by atoms with Gasteiger partial charge in [-0.25, -0.2) is 0 Å². The Morgan fingerprint density at radius 2 is 2.28 bits per heavy atom. The molecule has 6 nitrogen and oxygen atoms in total. The second-order valence-electron chi connectivity index (χ2n) is 4.04. The Morgan fingerprint density at radius 3 is 2.78 bits per heavy atom. The van der Waals surface area contributed by atoms with Gasteiger partial charge in [-0.2, -0.15) is 5.10 Å². The topological polar surface area (TPSA) is 73.0 Å². The number of nitrogens with zero attached hydrogens (tertiary/aromatic N) is 3. The number of aromatic nitrogens is 3. The molecule has 1 amide bonds. The fourth-order valence-corrected chi connectivity index (χ4v) is 1.87. The van der Waals surface area contributed by atoms with E-state index in [1.54, 1.807) is 24.7 Å². The summed E-state index contributed by atoms with van der Waals surface area (Å²) in [7, 11) is 1.76. The maximum atomic E-state index is 11.9. The molecule has 2 rings (SSSR count). The molecule has 96 valence electrons. The molecule has 0 unspecified atom stereocenters.